The zero-order valence-corrected chi connectivity index (χ0v) is 11.3. The smallest absolute Gasteiger partial charge is 0.144 e. The van der Waals surface area contributed by atoms with Crippen molar-refractivity contribution in [3.8, 4) is 6.07 Å². The van der Waals surface area contributed by atoms with Crippen molar-refractivity contribution in [1.82, 2.24) is 10.3 Å². The van der Waals surface area contributed by atoms with E-state index in [1.54, 1.807) is 6.20 Å². The topological polar surface area (TPSA) is 68.9 Å². The van der Waals surface area contributed by atoms with E-state index < -0.39 is 0 Å². The summed E-state index contributed by atoms with van der Waals surface area (Å²) in [6.07, 6.45) is 2.32. The van der Waals surface area contributed by atoms with E-state index in [2.05, 4.69) is 37.1 Å². The molecule has 0 saturated heterocycles. The minimum atomic E-state index is 0.0672. The van der Waals surface area contributed by atoms with E-state index >= 15 is 0 Å². The zero-order chi connectivity index (χ0) is 13.6. The maximum atomic E-state index is 9.09. The lowest BCUT2D eigenvalue weighted by Gasteiger charge is -2.31. The summed E-state index contributed by atoms with van der Waals surface area (Å²) in [5, 5.41) is 21.5. The van der Waals surface area contributed by atoms with E-state index in [-0.39, 0.29) is 18.1 Å². The maximum Gasteiger partial charge on any atom is 0.144 e. The molecule has 1 heterocycles. The number of hydrogen-bond acceptors (Lipinski definition) is 4. The molecule has 0 saturated carbocycles. The molecule has 98 valence electrons. The molecule has 0 fully saturated rings. The molecule has 0 bridgehead atoms. The summed E-state index contributed by atoms with van der Waals surface area (Å²) in [6, 6.07) is 6.02. The van der Waals surface area contributed by atoms with Gasteiger partial charge >= 0.3 is 0 Å². The van der Waals surface area contributed by atoms with Crippen molar-refractivity contribution in [3.05, 3.63) is 29.6 Å². The quantitative estimate of drug-likeness (QED) is 0.833. The number of pyridine rings is 1. The van der Waals surface area contributed by atoms with Crippen molar-refractivity contribution in [2.24, 2.45) is 5.41 Å². The first kappa shape index (κ1) is 14.6. The van der Waals surface area contributed by atoms with Gasteiger partial charge in [0.2, 0.25) is 0 Å². The predicted molar refractivity (Wildman–Crippen MR) is 70.7 cm³/mol. The lowest BCUT2D eigenvalue weighted by atomic mass is 9.85. The molecule has 1 aromatic rings. The van der Waals surface area contributed by atoms with Crippen LogP contribution < -0.4 is 5.32 Å². The number of rotatable bonds is 5. The number of nitrogens with one attached hydrogen (secondary N) is 1. The highest BCUT2D eigenvalue weighted by Crippen LogP contribution is 2.22. The van der Waals surface area contributed by atoms with E-state index in [0.717, 1.165) is 5.56 Å². The van der Waals surface area contributed by atoms with E-state index in [9.17, 15) is 0 Å². The monoisotopic (exact) mass is 247 g/mol. The van der Waals surface area contributed by atoms with Crippen molar-refractivity contribution in [1.29, 1.82) is 5.26 Å². The summed E-state index contributed by atoms with van der Waals surface area (Å²) in [5.74, 6) is 0. The van der Waals surface area contributed by atoms with Crippen LogP contribution in [0.5, 0.6) is 0 Å². The molecule has 0 amide bonds. The highest BCUT2D eigenvalue weighted by molar-refractivity contribution is 5.30. The van der Waals surface area contributed by atoms with Gasteiger partial charge in [-0.3, -0.25) is 0 Å². The molecule has 0 spiro atoms. The van der Waals surface area contributed by atoms with Crippen LogP contribution in [0.2, 0.25) is 0 Å². The van der Waals surface area contributed by atoms with Crippen LogP contribution in [0.1, 0.15) is 38.4 Å². The van der Waals surface area contributed by atoms with Gasteiger partial charge in [-0.05, 0) is 17.9 Å². The van der Waals surface area contributed by atoms with Crippen LogP contribution in [-0.2, 0) is 6.54 Å². The van der Waals surface area contributed by atoms with Crippen LogP contribution in [0, 0.1) is 16.7 Å². The van der Waals surface area contributed by atoms with Gasteiger partial charge in [0, 0.05) is 31.0 Å². The molecule has 2 N–H and O–H groups in total. The fraction of sp³-hybridized carbons (Fsp3) is 0.571. The molecule has 18 heavy (non-hydrogen) atoms. The summed E-state index contributed by atoms with van der Waals surface area (Å²) in [4.78, 5) is 4.03. The first-order valence-electron chi connectivity index (χ1n) is 6.17. The molecule has 1 rings (SSSR count). The number of nitrogens with zero attached hydrogens (tertiary/aromatic N) is 2. The molecule has 0 radical (unpaired) electrons. The van der Waals surface area contributed by atoms with Crippen molar-refractivity contribution in [2.45, 2.75) is 39.8 Å². The second-order valence-corrected chi connectivity index (χ2v) is 5.43. The molecular weight excluding hydrogens is 226 g/mol. The van der Waals surface area contributed by atoms with E-state index in [0.29, 0.717) is 18.7 Å². The molecule has 0 aliphatic rings. The summed E-state index contributed by atoms with van der Waals surface area (Å²) >= 11 is 0. The van der Waals surface area contributed by atoms with Crippen LogP contribution >= 0.6 is 0 Å². The van der Waals surface area contributed by atoms with Crippen molar-refractivity contribution in [3.63, 3.8) is 0 Å². The van der Waals surface area contributed by atoms with Gasteiger partial charge < -0.3 is 10.4 Å². The maximum absolute atomic E-state index is 9.09. The molecule has 1 atom stereocenters. The Morgan fingerprint density at radius 3 is 2.78 bits per heavy atom. The van der Waals surface area contributed by atoms with E-state index in [1.807, 2.05) is 12.1 Å². The third-order valence-corrected chi connectivity index (χ3v) is 3.00. The number of aromatic nitrogens is 1. The normalized spacial score (nSPS) is 13.1. The Bertz CT molecular complexity index is 418. The van der Waals surface area contributed by atoms with Crippen LogP contribution in [0.15, 0.2) is 18.3 Å². The second kappa shape index (κ2) is 6.48. The number of aliphatic hydroxyl groups is 1. The van der Waals surface area contributed by atoms with E-state index in [1.165, 1.54) is 0 Å². The Morgan fingerprint density at radius 1 is 1.50 bits per heavy atom. The van der Waals surface area contributed by atoms with Gasteiger partial charge in [0.25, 0.3) is 0 Å². The summed E-state index contributed by atoms with van der Waals surface area (Å²) in [7, 11) is 0. The molecular formula is C14H21N3O. The molecule has 1 unspecified atom stereocenters. The highest BCUT2D eigenvalue weighted by Gasteiger charge is 2.23. The van der Waals surface area contributed by atoms with Crippen molar-refractivity contribution >= 4 is 0 Å². The fourth-order valence-corrected chi connectivity index (χ4v) is 1.89. The second-order valence-electron chi connectivity index (χ2n) is 5.43. The minimum absolute atomic E-state index is 0.0672. The Labute approximate surface area is 109 Å². The third-order valence-electron chi connectivity index (χ3n) is 3.00. The largest absolute Gasteiger partial charge is 0.396 e. The predicted octanol–water partition coefficient (Wildman–Crippen LogP) is 1.84. The Balaban J connectivity index is 2.71. The van der Waals surface area contributed by atoms with Crippen LogP contribution in [0.3, 0.4) is 0 Å². The van der Waals surface area contributed by atoms with Gasteiger partial charge in [-0.2, -0.15) is 5.26 Å². The standard InChI is InChI=1S/C14H21N3O/c1-14(2,3)13(6-8-18)17-10-11-5-4-7-16-12(11)9-15/h4-5,7,13,17-18H,6,8,10H2,1-3H3. The van der Waals surface area contributed by atoms with Crippen LogP contribution in [0.25, 0.3) is 0 Å². The molecule has 4 nitrogen and oxygen atoms in total. The Hall–Kier alpha value is -1.44. The zero-order valence-electron chi connectivity index (χ0n) is 11.3. The molecule has 0 aliphatic heterocycles. The minimum Gasteiger partial charge on any atom is -0.396 e. The summed E-state index contributed by atoms with van der Waals surface area (Å²) in [6.45, 7) is 7.16. The number of nitriles is 1. The molecule has 0 aromatic carbocycles. The van der Waals surface area contributed by atoms with Gasteiger partial charge in [0.15, 0.2) is 0 Å². The Kier molecular flexibility index (Phi) is 5.26. The first-order valence-corrected chi connectivity index (χ1v) is 6.17. The molecule has 0 aliphatic carbocycles. The number of hydrogen-bond donors (Lipinski definition) is 2. The average Bonchev–Trinajstić information content (AvgIpc) is 2.33. The van der Waals surface area contributed by atoms with Crippen LogP contribution in [0.4, 0.5) is 0 Å². The van der Waals surface area contributed by atoms with Gasteiger partial charge in [-0.15, -0.1) is 0 Å². The lowest BCUT2D eigenvalue weighted by molar-refractivity contribution is 0.196. The first-order chi connectivity index (χ1) is 8.49. The molecule has 4 heteroatoms. The summed E-state index contributed by atoms with van der Waals surface area (Å²) in [5.41, 5.74) is 1.42. The van der Waals surface area contributed by atoms with Gasteiger partial charge in [0.1, 0.15) is 11.8 Å². The Morgan fingerprint density at radius 2 is 2.22 bits per heavy atom. The lowest BCUT2D eigenvalue weighted by Crippen LogP contribution is -2.40. The number of aliphatic hydroxyl groups excluding tert-OH is 1. The highest BCUT2D eigenvalue weighted by atomic mass is 16.3. The van der Waals surface area contributed by atoms with Crippen molar-refractivity contribution < 1.29 is 5.11 Å². The van der Waals surface area contributed by atoms with Crippen molar-refractivity contribution in [2.75, 3.05) is 6.61 Å². The van der Waals surface area contributed by atoms with Gasteiger partial charge in [-0.1, -0.05) is 26.8 Å². The summed E-state index contributed by atoms with van der Waals surface area (Å²) < 4.78 is 0. The van der Waals surface area contributed by atoms with E-state index in [4.69, 9.17) is 10.4 Å². The average molecular weight is 247 g/mol. The van der Waals surface area contributed by atoms with Crippen LogP contribution in [-0.4, -0.2) is 22.7 Å². The molecule has 1 aromatic heterocycles. The van der Waals surface area contributed by atoms with Gasteiger partial charge in [-0.25, -0.2) is 4.98 Å². The SMILES string of the molecule is CC(C)(C)C(CCO)NCc1cccnc1C#N. The third kappa shape index (κ3) is 4.10. The van der Waals surface area contributed by atoms with Gasteiger partial charge in [0.05, 0.1) is 0 Å². The fourth-order valence-electron chi connectivity index (χ4n) is 1.89.